The molecule has 2 aromatic rings. The molecule has 5 heteroatoms. The first kappa shape index (κ1) is 14.4. The first-order chi connectivity index (χ1) is 9.65. The quantitative estimate of drug-likeness (QED) is 0.870. The average molecular weight is 272 g/mol. The molecule has 0 aliphatic rings. The molecule has 0 bridgehead atoms. The van der Waals surface area contributed by atoms with Crippen LogP contribution in [0.3, 0.4) is 0 Å². The van der Waals surface area contributed by atoms with E-state index in [0.717, 1.165) is 12.8 Å². The molecule has 0 spiro atoms. The van der Waals surface area contributed by atoms with Gasteiger partial charge in [-0.3, -0.25) is 14.8 Å². The van der Waals surface area contributed by atoms with Crippen molar-refractivity contribution in [2.75, 3.05) is 6.54 Å². The molecule has 5 nitrogen and oxygen atoms in total. The van der Waals surface area contributed by atoms with Crippen molar-refractivity contribution in [3.05, 3.63) is 36.2 Å². The predicted molar refractivity (Wildman–Crippen MR) is 79.4 cm³/mol. The number of nitrogens with zero attached hydrogens (tertiary/aromatic N) is 2. The van der Waals surface area contributed by atoms with Crippen molar-refractivity contribution in [2.45, 2.75) is 32.2 Å². The fraction of sp³-hybridized carbons (Fsp3) is 0.400. The lowest BCUT2D eigenvalue weighted by Gasteiger charge is -2.31. The number of carbonyl (C=O) groups is 1. The van der Waals surface area contributed by atoms with Gasteiger partial charge in [-0.15, -0.1) is 0 Å². The summed E-state index contributed by atoms with van der Waals surface area (Å²) in [5, 5.41) is 3.06. The Labute approximate surface area is 118 Å². The summed E-state index contributed by atoms with van der Waals surface area (Å²) in [6.45, 7) is 4.47. The zero-order valence-electron chi connectivity index (χ0n) is 11.9. The van der Waals surface area contributed by atoms with Crippen molar-refractivity contribution >= 4 is 16.9 Å². The largest absolute Gasteiger partial charge is 0.345 e. The Morgan fingerprint density at radius 2 is 1.95 bits per heavy atom. The molecule has 0 fully saturated rings. The Morgan fingerprint density at radius 1 is 1.25 bits per heavy atom. The minimum atomic E-state index is -0.360. The number of aromatic nitrogens is 2. The molecule has 106 valence electrons. The van der Waals surface area contributed by atoms with E-state index in [0.29, 0.717) is 23.1 Å². The molecule has 0 atom stereocenters. The fourth-order valence-electron chi connectivity index (χ4n) is 2.25. The zero-order chi connectivity index (χ0) is 14.6. The fourth-order valence-corrected chi connectivity index (χ4v) is 2.25. The Morgan fingerprint density at radius 3 is 2.60 bits per heavy atom. The van der Waals surface area contributed by atoms with E-state index in [1.54, 1.807) is 18.5 Å². The molecule has 1 aromatic heterocycles. The number of hydrogen-bond acceptors (Lipinski definition) is 4. The van der Waals surface area contributed by atoms with Gasteiger partial charge < -0.3 is 11.1 Å². The number of amides is 1. The summed E-state index contributed by atoms with van der Waals surface area (Å²) in [7, 11) is 0. The van der Waals surface area contributed by atoms with Gasteiger partial charge in [0, 0.05) is 18.9 Å². The van der Waals surface area contributed by atoms with Gasteiger partial charge in [-0.1, -0.05) is 19.9 Å². The Bertz CT molecular complexity index is 594. The standard InChI is InChI=1S/C15H20N4O/c1-3-15(4-2,10-16)19-14(20)11-6-5-7-12-13(11)18-9-8-17-12/h5-9H,3-4,10,16H2,1-2H3,(H,19,20). The maximum Gasteiger partial charge on any atom is 0.254 e. The smallest absolute Gasteiger partial charge is 0.254 e. The molecular weight excluding hydrogens is 252 g/mol. The maximum absolute atomic E-state index is 12.5. The highest BCUT2D eigenvalue weighted by Crippen LogP contribution is 2.18. The highest BCUT2D eigenvalue weighted by Gasteiger charge is 2.27. The van der Waals surface area contributed by atoms with Crippen LogP contribution in [-0.2, 0) is 0 Å². The zero-order valence-corrected chi connectivity index (χ0v) is 11.9. The van der Waals surface area contributed by atoms with Crippen molar-refractivity contribution in [2.24, 2.45) is 5.73 Å². The Hall–Kier alpha value is -2.01. The van der Waals surface area contributed by atoms with Crippen LogP contribution in [0.2, 0.25) is 0 Å². The molecule has 20 heavy (non-hydrogen) atoms. The molecule has 0 radical (unpaired) electrons. The van der Waals surface area contributed by atoms with Crippen molar-refractivity contribution in [3.8, 4) is 0 Å². The minimum absolute atomic E-state index is 0.148. The number of nitrogens with two attached hydrogens (primary N) is 1. The van der Waals surface area contributed by atoms with E-state index >= 15 is 0 Å². The maximum atomic E-state index is 12.5. The van der Waals surface area contributed by atoms with Crippen molar-refractivity contribution in [3.63, 3.8) is 0 Å². The first-order valence-electron chi connectivity index (χ1n) is 6.88. The summed E-state index contributed by atoms with van der Waals surface area (Å²) < 4.78 is 0. The third kappa shape index (κ3) is 2.63. The number of para-hydroxylation sites is 1. The third-order valence-electron chi connectivity index (χ3n) is 3.87. The van der Waals surface area contributed by atoms with E-state index in [2.05, 4.69) is 15.3 Å². The summed E-state index contributed by atoms with van der Waals surface area (Å²) >= 11 is 0. The van der Waals surface area contributed by atoms with Crippen molar-refractivity contribution in [1.29, 1.82) is 0 Å². The molecule has 0 unspecified atom stereocenters. The van der Waals surface area contributed by atoms with E-state index in [9.17, 15) is 4.79 Å². The summed E-state index contributed by atoms with van der Waals surface area (Å²) in [4.78, 5) is 21.0. The van der Waals surface area contributed by atoms with Crippen molar-refractivity contribution < 1.29 is 4.79 Å². The van der Waals surface area contributed by atoms with E-state index < -0.39 is 0 Å². The Kier molecular flexibility index (Phi) is 4.29. The van der Waals surface area contributed by atoms with Gasteiger partial charge in [0.2, 0.25) is 0 Å². The SMILES string of the molecule is CCC(CC)(CN)NC(=O)c1cccc2nccnc12. The van der Waals surface area contributed by atoms with Gasteiger partial charge in [0.15, 0.2) is 0 Å². The van der Waals surface area contributed by atoms with Gasteiger partial charge >= 0.3 is 0 Å². The van der Waals surface area contributed by atoms with Crippen LogP contribution in [0.1, 0.15) is 37.0 Å². The molecular formula is C15H20N4O. The number of hydrogen-bond donors (Lipinski definition) is 2. The highest BCUT2D eigenvalue weighted by molar-refractivity contribution is 6.04. The summed E-state index contributed by atoms with van der Waals surface area (Å²) in [5.74, 6) is -0.148. The molecule has 0 saturated carbocycles. The first-order valence-corrected chi connectivity index (χ1v) is 6.88. The summed E-state index contributed by atoms with van der Waals surface area (Å²) in [6, 6.07) is 5.42. The van der Waals surface area contributed by atoms with Crippen LogP contribution in [0.4, 0.5) is 0 Å². The topological polar surface area (TPSA) is 80.9 Å². The molecule has 0 aliphatic heterocycles. The second-order valence-corrected chi connectivity index (χ2v) is 4.88. The number of benzene rings is 1. The molecule has 1 amide bonds. The van der Waals surface area contributed by atoms with Gasteiger partial charge in [-0.25, -0.2) is 0 Å². The lowest BCUT2D eigenvalue weighted by molar-refractivity contribution is 0.0897. The molecule has 0 saturated heterocycles. The van der Waals surface area contributed by atoms with Crippen LogP contribution >= 0.6 is 0 Å². The van der Waals surface area contributed by atoms with Gasteiger partial charge in [0.1, 0.15) is 5.52 Å². The minimum Gasteiger partial charge on any atom is -0.345 e. The number of rotatable bonds is 5. The second kappa shape index (κ2) is 5.96. The van der Waals surface area contributed by atoms with E-state index in [1.165, 1.54) is 0 Å². The molecule has 2 rings (SSSR count). The molecule has 3 N–H and O–H groups in total. The van der Waals surface area contributed by atoms with Crippen LogP contribution in [0.15, 0.2) is 30.6 Å². The lowest BCUT2D eigenvalue weighted by atomic mass is 9.92. The van der Waals surface area contributed by atoms with Gasteiger partial charge in [-0.05, 0) is 25.0 Å². The third-order valence-corrected chi connectivity index (χ3v) is 3.87. The van der Waals surface area contributed by atoms with E-state index in [4.69, 9.17) is 5.73 Å². The van der Waals surface area contributed by atoms with E-state index in [1.807, 2.05) is 26.0 Å². The average Bonchev–Trinajstić information content (AvgIpc) is 2.52. The normalized spacial score (nSPS) is 11.6. The highest BCUT2D eigenvalue weighted by atomic mass is 16.1. The van der Waals surface area contributed by atoms with Crippen LogP contribution in [0.5, 0.6) is 0 Å². The summed E-state index contributed by atoms with van der Waals surface area (Å²) in [6.07, 6.45) is 4.80. The Balaban J connectivity index is 2.37. The number of nitrogens with one attached hydrogen (secondary N) is 1. The monoisotopic (exact) mass is 272 g/mol. The van der Waals surface area contributed by atoms with Gasteiger partial charge in [-0.2, -0.15) is 0 Å². The van der Waals surface area contributed by atoms with Gasteiger partial charge in [0.05, 0.1) is 16.6 Å². The van der Waals surface area contributed by atoms with E-state index in [-0.39, 0.29) is 11.4 Å². The second-order valence-electron chi connectivity index (χ2n) is 4.88. The molecule has 1 heterocycles. The number of fused-ring (bicyclic) bond motifs is 1. The lowest BCUT2D eigenvalue weighted by Crippen LogP contribution is -2.52. The van der Waals surface area contributed by atoms with Gasteiger partial charge in [0.25, 0.3) is 5.91 Å². The molecule has 1 aromatic carbocycles. The van der Waals surface area contributed by atoms with Crippen LogP contribution < -0.4 is 11.1 Å². The van der Waals surface area contributed by atoms with Crippen molar-refractivity contribution in [1.82, 2.24) is 15.3 Å². The van der Waals surface area contributed by atoms with Crippen LogP contribution in [0, 0.1) is 0 Å². The molecule has 0 aliphatic carbocycles. The number of carbonyl (C=O) groups excluding carboxylic acids is 1. The summed E-state index contributed by atoms with van der Waals surface area (Å²) in [5.41, 5.74) is 7.33. The predicted octanol–water partition coefficient (Wildman–Crippen LogP) is 1.88. The van der Waals surface area contributed by atoms with Crippen LogP contribution in [-0.4, -0.2) is 28.0 Å². The van der Waals surface area contributed by atoms with Crippen LogP contribution in [0.25, 0.3) is 11.0 Å².